The van der Waals surface area contributed by atoms with Crippen molar-refractivity contribution < 1.29 is 29.3 Å². The van der Waals surface area contributed by atoms with E-state index in [2.05, 4.69) is 0 Å². The number of rotatable bonds is 8. The molecule has 0 fully saturated rings. The number of aliphatic hydroxyl groups is 2. The van der Waals surface area contributed by atoms with E-state index in [1.165, 1.54) is 0 Å². The van der Waals surface area contributed by atoms with Gasteiger partial charge in [-0.1, -0.05) is 13.8 Å². The molecule has 0 aromatic rings. The van der Waals surface area contributed by atoms with Crippen LogP contribution in [0.15, 0.2) is 0 Å². The highest BCUT2D eigenvalue weighted by molar-refractivity contribution is 5.71. The first-order valence-corrected chi connectivity index (χ1v) is 6.41. The van der Waals surface area contributed by atoms with Crippen LogP contribution in [0.2, 0.25) is 0 Å². The van der Waals surface area contributed by atoms with Gasteiger partial charge >= 0.3 is 11.9 Å². The largest absolute Gasteiger partial charge is 0.428 e. The summed E-state index contributed by atoms with van der Waals surface area (Å²) in [5, 5.41) is 18.4. The highest BCUT2D eigenvalue weighted by Gasteiger charge is 2.17. The number of ether oxygens (including phenoxy) is 2. The maximum Gasteiger partial charge on any atom is 0.309 e. The second-order valence-corrected chi connectivity index (χ2v) is 4.99. The van der Waals surface area contributed by atoms with Gasteiger partial charge in [0.15, 0.2) is 0 Å². The number of carbonyl (C=O) groups is 2. The molecule has 4 atom stereocenters. The lowest BCUT2D eigenvalue weighted by molar-refractivity contribution is -0.169. The van der Waals surface area contributed by atoms with Crippen LogP contribution in [-0.2, 0) is 19.1 Å². The van der Waals surface area contributed by atoms with E-state index in [1.807, 2.05) is 0 Å². The van der Waals surface area contributed by atoms with Crippen molar-refractivity contribution in [1.82, 2.24) is 0 Å². The number of esters is 2. The predicted molar refractivity (Wildman–Crippen MR) is 68.0 cm³/mol. The standard InChI is InChI=1S/C13H24O6/c1-8(10(3)14)5-12(16)18-7-19-13(17)6-9(2)11(4)15/h8-11,14-15H,5-7H2,1-4H3. The van der Waals surface area contributed by atoms with Gasteiger partial charge in [0.25, 0.3) is 0 Å². The maximum atomic E-state index is 11.3. The summed E-state index contributed by atoms with van der Waals surface area (Å²) in [6, 6.07) is 0. The van der Waals surface area contributed by atoms with E-state index in [1.54, 1.807) is 27.7 Å². The van der Waals surface area contributed by atoms with Crippen molar-refractivity contribution in [3.8, 4) is 0 Å². The Morgan fingerprint density at radius 1 is 0.842 bits per heavy atom. The molecule has 4 unspecified atom stereocenters. The van der Waals surface area contributed by atoms with E-state index < -0.39 is 30.9 Å². The van der Waals surface area contributed by atoms with Gasteiger partial charge in [-0.15, -0.1) is 0 Å². The SMILES string of the molecule is CC(O)C(C)CC(=O)OCOC(=O)CC(C)C(C)O. The Hall–Kier alpha value is -1.14. The fourth-order valence-corrected chi connectivity index (χ4v) is 1.15. The Labute approximate surface area is 113 Å². The first kappa shape index (κ1) is 17.9. The predicted octanol–water partition coefficient (Wildman–Crippen LogP) is 0.844. The summed E-state index contributed by atoms with van der Waals surface area (Å²) < 4.78 is 9.44. The quantitative estimate of drug-likeness (QED) is 0.504. The molecule has 0 spiro atoms. The Kier molecular flexibility index (Phi) is 8.34. The van der Waals surface area contributed by atoms with Gasteiger partial charge in [0.2, 0.25) is 6.79 Å². The molecule has 19 heavy (non-hydrogen) atoms. The Bertz CT molecular complexity index is 259. The molecule has 0 aliphatic heterocycles. The minimum absolute atomic E-state index is 0.0687. The molecular weight excluding hydrogens is 252 g/mol. The summed E-state index contributed by atoms with van der Waals surface area (Å²) >= 11 is 0. The van der Waals surface area contributed by atoms with Crippen LogP contribution in [0, 0.1) is 11.8 Å². The molecule has 0 aliphatic carbocycles. The molecule has 0 aliphatic rings. The van der Waals surface area contributed by atoms with E-state index in [0.29, 0.717) is 0 Å². The molecular formula is C13H24O6. The second kappa shape index (κ2) is 8.87. The van der Waals surface area contributed by atoms with E-state index in [-0.39, 0.29) is 24.7 Å². The lowest BCUT2D eigenvalue weighted by atomic mass is 10.0. The maximum absolute atomic E-state index is 11.3. The van der Waals surface area contributed by atoms with Crippen LogP contribution in [0.1, 0.15) is 40.5 Å². The third kappa shape index (κ3) is 8.56. The van der Waals surface area contributed by atoms with Gasteiger partial charge in [-0.25, -0.2) is 0 Å². The zero-order chi connectivity index (χ0) is 15.0. The molecule has 0 saturated heterocycles. The highest BCUT2D eigenvalue weighted by Crippen LogP contribution is 2.10. The molecule has 0 rings (SSSR count). The van der Waals surface area contributed by atoms with Gasteiger partial charge in [0, 0.05) is 0 Å². The molecule has 0 saturated carbocycles. The molecule has 0 amide bonds. The normalized spacial score (nSPS) is 17.2. The number of aliphatic hydroxyl groups excluding tert-OH is 2. The monoisotopic (exact) mass is 276 g/mol. The smallest absolute Gasteiger partial charge is 0.309 e. The summed E-state index contributed by atoms with van der Waals surface area (Å²) in [6.07, 6.45) is -1.05. The summed E-state index contributed by atoms with van der Waals surface area (Å²) in [5.74, 6) is -1.47. The van der Waals surface area contributed by atoms with Crippen LogP contribution in [0.25, 0.3) is 0 Å². The summed E-state index contributed by atoms with van der Waals surface area (Å²) in [5.41, 5.74) is 0. The van der Waals surface area contributed by atoms with Crippen molar-refractivity contribution in [2.24, 2.45) is 11.8 Å². The Balaban J connectivity index is 3.79. The number of carbonyl (C=O) groups excluding carboxylic acids is 2. The third-order valence-corrected chi connectivity index (χ3v) is 3.06. The highest BCUT2D eigenvalue weighted by atomic mass is 16.7. The second-order valence-electron chi connectivity index (χ2n) is 4.99. The minimum Gasteiger partial charge on any atom is -0.428 e. The van der Waals surface area contributed by atoms with E-state index in [0.717, 1.165) is 0 Å². The third-order valence-electron chi connectivity index (χ3n) is 3.06. The molecule has 0 aromatic heterocycles. The molecule has 2 N–H and O–H groups in total. The van der Waals surface area contributed by atoms with E-state index in [9.17, 15) is 19.8 Å². The number of hydrogen-bond donors (Lipinski definition) is 2. The van der Waals surface area contributed by atoms with Crippen molar-refractivity contribution >= 4 is 11.9 Å². The minimum atomic E-state index is -0.595. The van der Waals surface area contributed by atoms with Gasteiger partial charge in [-0.2, -0.15) is 0 Å². The molecule has 0 radical (unpaired) electrons. The van der Waals surface area contributed by atoms with E-state index >= 15 is 0 Å². The van der Waals surface area contributed by atoms with Crippen LogP contribution in [-0.4, -0.2) is 41.2 Å². The molecule has 0 bridgehead atoms. The Morgan fingerprint density at radius 2 is 1.16 bits per heavy atom. The van der Waals surface area contributed by atoms with Crippen molar-refractivity contribution in [2.45, 2.75) is 52.7 Å². The zero-order valence-electron chi connectivity index (χ0n) is 12.0. The van der Waals surface area contributed by atoms with Crippen molar-refractivity contribution in [1.29, 1.82) is 0 Å². The van der Waals surface area contributed by atoms with Crippen molar-refractivity contribution in [2.75, 3.05) is 6.79 Å². The van der Waals surface area contributed by atoms with Gasteiger partial charge < -0.3 is 19.7 Å². The van der Waals surface area contributed by atoms with Crippen molar-refractivity contribution in [3.05, 3.63) is 0 Å². The fourth-order valence-electron chi connectivity index (χ4n) is 1.15. The zero-order valence-corrected chi connectivity index (χ0v) is 12.0. The first-order valence-electron chi connectivity index (χ1n) is 6.41. The van der Waals surface area contributed by atoms with Crippen LogP contribution >= 0.6 is 0 Å². The lowest BCUT2D eigenvalue weighted by Crippen LogP contribution is -2.22. The van der Waals surface area contributed by atoms with Gasteiger partial charge in [-0.3, -0.25) is 9.59 Å². The van der Waals surface area contributed by atoms with Gasteiger partial charge in [0.1, 0.15) is 0 Å². The lowest BCUT2D eigenvalue weighted by Gasteiger charge is -2.15. The average Bonchev–Trinajstić information content (AvgIpc) is 2.28. The van der Waals surface area contributed by atoms with E-state index in [4.69, 9.17) is 9.47 Å². The molecule has 6 heteroatoms. The summed E-state index contributed by atoms with van der Waals surface area (Å²) in [7, 11) is 0. The van der Waals surface area contributed by atoms with Crippen LogP contribution in [0.4, 0.5) is 0 Å². The molecule has 0 aromatic carbocycles. The van der Waals surface area contributed by atoms with Crippen LogP contribution < -0.4 is 0 Å². The van der Waals surface area contributed by atoms with Gasteiger partial charge in [-0.05, 0) is 25.7 Å². The topological polar surface area (TPSA) is 93.1 Å². The van der Waals surface area contributed by atoms with Crippen LogP contribution in [0.5, 0.6) is 0 Å². The molecule has 0 heterocycles. The number of hydrogen-bond acceptors (Lipinski definition) is 6. The first-order chi connectivity index (χ1) is 8.73. The van der Waals surface area contributed by atoms with Gasteiger partial charge in [0.05, 0.1) is 25.0 Å². The van der Waals surface area contributed by atoms with Crippen molar-refractivity contribution in [3.63, 3.8) is 0 Å². The summed E-state index contributed by atoms with van der Waals surface area (Å²) in [4.78, 5) is 22.6. The fraction of sp³-hybridized carbons (Fsp3) is 0.846. The Morgan fingerprint density at radius 3 is 1.42 bits per heavy atom. The summed E-state index contributed by atoms with van der Waals surface area (Å²) in [6.45, 7) is 6.20. The molecule has 6 nitrogen and oxygen atoms in total. The average molecular weight is 276 g/mol. The molecule has 112 valence electrons. The van der Waals surface area contributed by atoms with Crippen LogP contribution in [0.3, 0.4) is 0 Å².